The summed E-state index contributed by atoms with van der Waals surface area (Å²) in [5.41, 5.74) is 3.81. The van der Waals surface area contributed by atoms with E-state index in [9.17, 15) is 18.3 Å². The molecule has 1 heterocycles. The number of hydrogen-bond donors (Lipinski definition) is 2. The minimum atomic E-state index is -4.13. The summed E-state index contributed by atoms with van der Waals surface area (Å²) in [6.07, 6.45) is 1.82. The molecule has 4 rings (SSSR count). The maximum Gasteiger partial charge on any atom is 0.322 e. The number of benzene rings is 3. The molecule has 2 N–H and O–H groups in total. The number of hydrogen-bond acceptors (Lipinski definition) is 5. The number of aliphatic carboxylic acids is 1. The third-order valence-corrected chi connectivity index (χ3v) is 7.74. The molecule has 1 atom stereocenters. The Morgan fingerprint density at radius 2 is 1.82 bits per heavy atom. The van der Waals surface area contributed by atoms with Gasteiger partial charge in [0, 0.05) is 30.1 Å². The van der Waals surface area contributed by atoms with Crippen molar-refractivity contribution in [3.8, 4) is 23.3 Å². The van der Waals surface area contributed by atoms with E-state index in [1.54, 1.807) is 14.0 Å². The lowest BCUT2D eigenvalue weighted by Crippen LogP contribution is -2.42. The van der Waals surface area contributed by atoms with Gasteiger partial charge in [0.25, 0.3) is 0 Å². The van der Waals surface area contributed by atoms with E-state index < -0.39 is 22.0 Å². The van der Waals surface area contributed by atoms with E-state index in [0.717, 1.165) is 22.0 Å². The number of methoxy groups -OCH3 is 1. The fourth-order valence-electron chi connectivity index (χ4n) is 4.34. The second-order valence-corrected chi connectivity index (χ2v) is 10.8. The summed E-state index contributed by atoms with van der Waals surface area (Å²) in [5, 5.41) is 10.8. The lowest BCUT2D eigenvalue weighted by atomic mass is 10.1. The van der Waals surface area contributed by atoms with Crippen molar-refractivity contribution in [1.82, 2.24) is 9.29 Å². The van der Waals surface area contributed by atoms with Gasteiger partial charge in [-0.1, -0.05) is 35.7 Å². The average Bonchev–Trinajstić information content (AvgIpc) is 3.24. The minimum absolute atomic E-state index is 0.0596. The van der Waals surface area contributed by atoms with Gasteiger partial charge >= 0.3 is 5.97 Å². The number of sulfonamides is 1. The van der Waals surface area contributed by atoms with Gasteiger partial charge in [0.1, 0.15) is 24.1 Å². The van der Waals surface area contributed by atoms with Crippen molar-refractivity contribution in [1.29, 1.82) is 0 Å². The van der Waals surface area contributed by atoms with Crippen LogP contribution in [0.15, 0.2) is 77.8 Å². The summed E-state index contributed by atoms with van der Waals surface area (Å²) < 4.78 is 41.4. The Hall–Kier alpha value is -4.26. The molecule has 0 bridgehead atoms. The van der Waals surface area contributed by atoms with E-state index in [4.69, 9.17) is 9.47 Å². The molecule has 1 aromatic heterocycles. The zero-order chi connectivity index (χ0) is 28.0. The molecule has 0 spiro atoms. The molecule has 0 unspecified atom stereocenters. The first-order valence-corrected chi connectivity index (χ1v) is 13.8. The third-order valence-electron chi connectivity index (χ3n) is 6.25. The van der Waals surface area contributed by atoms with Gasteiger partial charge in [-0.25, -0.2) is 8.42 Å². The Kier molecular flexibility index (Phi) is 8.59. The van der Waals surface area contributed by atoms with E-state index >= 15 is 0 Å². The SMILES string of the molecule is CC#CCOc1ccc(S(=O)(=O)N[C@@H](Cc2cn(Cc3cccc(C)c3)c3ccc(OC)cc23)C(=O)O)cc1. The average molecular weight is 547 g/mol. The van der Waals surface area contributed by atoms with Crippen molar-refractivity contribution < 1.29 is 27.8 Å². The summed E-state index contributed by atoms with van der Waals surface area (Å²) >= 11 is 0. The number of nitrogens with zero attached hydrogens (tertiary/aromatic N) is 1. The van der Waals surface area contributed by atoms with Crippen LogP contribution in [-0.2, 0) is 27.8 Å². The highest BCUT2D eigenvalue weighted by Gasteiger charge is 2.27. The van der Waals surface area contributed by atoms with Crippen LogP contribution >= 0.6 is 0 Å². The van der Waals surface area contributed by atoms with Gasteiger partial charge in [-0.05, 0) is 67.4 Å². The van der Waals surface area contributed by atoms with E-state index in [-0.39, 0.29) is 17.9 Å². The van der Waals surface area contributed by atoms with E-state index in [0.29, 0.717) is 23.6 Å². The quantitative estimate of drug-likeness (QED) is 0.271. The zero-order valence-electron chi connectivity index (χ0n) is 22.0. The maximum absolute atomic E-state index is 13.1. The molecule has 0 radical (unpaired) electrons. The smallest absolute Gasteiger partial charge is 0.322 e. The summed E-state index contributed by atoms with van der Waals surface area (Å²) in [6.45, 7) is 4.48. The van der Waals surface area contributed by atoms with Crippen molar-refractivity contribution in [3.05, 3.63) is 89.6 Å². The van der Waals surface area contributed by atoms with Crippen LogP contribution in [0.1, 0.15) is 23.6 Å². The number of ether oxygens (including phenoxy) is 2. The first kappa shape index (κ1) is 27.8. The molecule has 0 aliphatic heterocycles. The molecule has 4 aromatic rings. The van der Waals surface area contributed by atoms with Crippen molar-refractivity contribution in [3.63, 3.8) is 0 Å². The van der Waals surface area contributed by atoms with Crippen molar-refractivity contribution in [2.24, 2.45) is 0 Å². The summed E-state index contributed by atoms with van der Waals surface area (Å²) in [5.74, 6) is 5.28. The Labute approximate surface area is 228 Å². The van der Waals surface area contributed by atoms with Gasteiger partial charge in [0.15, 0.2) is 0 Å². The van der Waals surface area contributed by atoms with Crippen LogP contribution in [0.4, 0.5) is 0 Å². The zero-order valence-corrected chi connectivity index (χ0v) is 22.8. The molecule has 0 aliphatic carbocycles. The molecule has 0 fully saturated rings. The second kappa shape index (κ2) is 12.1. The normalized spacial score (nSPS) is 12.0. The van der Waals surface area contributed by atoms with Crippen LogP contribution in [0.2, 0.25) is 0 Å². The highest BCUT2D eigenvalue weighted by molar-refractivity contribution is 7.89. The van der Waals surface area contributed by atoms with Crippen LogP contribution in [-0.4, -0.2) is 43.8 Å². The van der Waals surface area contributed by atoms with Crippen molar-refractivity contribution in [2.75, 3.05) is 13.7 Å². The van der Waals surface area contributed by atoms with Gasteiger partial charge in [0.2, 0.25) is 10.0 Å². The first-order chi connectivity index (χ1) is 18.7. The van der Waals surface area contributed by atoms with Gasteiger partial charge in [0.05, 0.1) is 12.0 Å². The monoisotopic (exact) mass is 546 g/mol. The van der Waals surface area contributed by atoms with Crippen molar-refractivity contribution in [2.45, 2.75) is 37.8 Å². The number of carbonyl (C=O) groups is 1. The fourth-order valence-corrected chi connectivity index (χ4v) is 5.53. The molecule has 202 valence electrons. The molecule has 8 nitrogen and oxygen atoms in total. The third kappa shape index (κ3) is 6.79. The molecule has 0 saturated heterocycles. The van der Waals surface area contributed by atoms with E-state index in [2.05, 4.69) is 22.6 Å². The first-order valence-electron chi connectivity index (χ1n) is 12.3. The Morgan fingerprint density at radius 3 is 2.49 bits per heavy atom. The molecule has 0 amide bonds. The molecule has 3 aromatic carbocycles. The number of fused-ring (bicyclic) bond motifs is 1. The Morgan fingerprint density at radius 1 is 1.08 bits per heavy atom. The molecule has 9 heteroatoms. The van der Waals surface area contributed by atoms with Crippen LogP contribution in [0.25, 0.3) is 10.9 Å². The minimum Gasteiger partial charge on any atom is -0.497 e. The number of carboxylic acid groups (broad SMARTS) is 1. The molecule has 0 aliphatic rings. The standard InChI is InChI=1S/C30H30N2O6S/c1-4-5-15-38-24-9-12-26(13-10-24)39(35,36)31-28(30(33)34)17-23-20-32(19-22-8-6-7-21(2)16-22)29-14-11-25(37-3)18-27(23)29/h6-14,16,18,20,28,31H,15,17,19H2,1-3H3,(H,33,34)/t28-/m0/s1. The Balaban J connectivity index is 1.62. The van der Waals surface area contributed by atoms with Gasteiger partial charge < -0.3 is 19.1 Å². The topological polar surface area (TPSA) is 107 Å². The largest absolute Gasteiger partial charge is 0.497 e. The summed E-state index contributed by atoms with van der Waals surface area (Å²) in [7, 11) is -2.56. The number of rotatable bonds is 11. The molecular weight excluding hydrogens is 516 g/mol. The van der Waals surface area contributed by atoms with E-state index in [1.807, 2.05) is 54.1 Å². The molecular formula is C30H30N2O6S. The van der Waals surface area contributed by atoms with Gasteiger partial charge in [-0.15, -0.1) is 5.92 Å². The lowest BCUT2D eigenvalue weighted by molar-refractivity contribution is -0.138. The molecule has 39 heavy (non-hydrogen) atoms. The Bertz CT molecular complexity index is 1650. The van der Waals surface area contributed by atoms with Gasteiger partial charge in [-0.3, -0.25) is 4.79 Å². The van der Waals surface area contributed by atoms with Crippen LogP contribution < -0.4 is 14.2 Å². The fraction of sp³-hybridized carbons (Fsp3) is 0.233. The number of nitrogens with one attached hydrogen (secondary N) is 1. The van der Waals surface area contributed by atoms with Crippen molar-refractivity contribution >= 4 is 26.9 Å². The summed E-state index contributed by atoms with van der Waals surface area (Å²) in [4.78, 5) is 12.2. The second-order valence-electron chi connectivity index (χ2n) is 9.06. The highest BCUT2D eigenvalue weighted by atomic mass is 32.2. The van der Waals surface area contributed by atoms with Crippen LogP contribution in [0.5, 0.6) is 11.5 Å². The lowest BCUT2D eigenvalue weighted by Gasteiger charge is -2.15. The van der Waals surface area contributed by atoms with Crippen LogP contribution in [0, 0.1) is 18.8 Å². The predicted octanol–water partition coefficient (Wildman–Crippen LogP) is 4.38. The highest BCUT2D eigenvalue weighted by Crippen LogP contribution is 2.28. The van der Waals surface area contributed by atoms with Crippen LogP contribution in [0.3, 0.4) is 0 Å². The molecule has 0 saturated carbocycles. The van der Waals surface area contributed by atoms with E-state index in [1.165, 1.54) is 24.3 Å². The summed E-state index contributed by atoms with van der Waals surface area (Å²) in [6, 6.07) is 18.1. The maximum atomic E-state index is 13.1. The number of aryl methyl sites for hydroxylation is 1. The number of carboxylic acids is 1. The van der Waals surface area contributed by atoms with Gasteiger partial charge in [-0.2, -0.15) is 4.72 Å². The predicted molar refractivity (Wildman–Crippen MR) is 150 cm³/mol. The number of aromatic nitrogens is 1.